The molecule has 1 aliphatic rings. The number of amides is 2. The van der Waals surface area contributed by atoms with E-state index in [9.17, 15) is 22.8 Å². The van der Waals surface area contributed by atoms with Crippen molar-refractivity contribution >= 4 is 23.5 Å². The summed E-state index contributed by atoms with van der Waals surface area (Å²) in [7, 11) is 1.10. The molecule has 1 aliphatic heterocycles. The molecule has 1 atom stereocenters. The van der Waals surface area contributed by atoms with E-state index in [1.165, 1.54) is 41.4 Å². The van der Waals surface area contributed by atoms with Crippen molar-refractivity contribution in [2.45, 2.75) is 18.4 Å². The first kappa shape index (κ1) is 19.7. The van der Waals surface area contributed by atoms with Gasteiger partial charge in [0.2, 0.25) is 0 Å². The van der Waals surface area contributed by atoms with Gasteiger partial charge in [0.25, 0.3) is 11.8 Å². The number of imidazole rings is 1. The molecule has 1 unspecified atom stereocenters. The van der Waals surface area contributed by atoms with Crippen LogP contribution >= 0.6 is 0 Å². The highest BCUT2D eigenvalue weighted by Crippen LogP contribution is 2.43. The molecule has 4 rings (SSSR count). The number of carbonyl (C=O) groups excluding carboxylic acids is 2. The maximum Gasteiger partial charge on any atom is 0.413 e. The summed E-state index contributed by atoms with van der Waals surface area (Å²) in [4.78, 5) is 28.9. The zero-order valence-corrected chi connectivity index (χ0v) is 15.7. The van der Waals surface area contributed by atoms with Gasteiger partial charge in [-0.1, -0.05) is 12.1 Å². The van der Waals surface area contributed by atoms with Crippen LogP contribution in [-0.4, -0.2) is 46.2 Å². The zero-order chi connectivity index (χ0) is 21.5. The van der Waals surface area contributed by atoms with E-state index in [1.807, 2.05) is 5.32 Å². The van der Waals surface area contributed by atoms with Crippen molar-refractivity contribution in [3.05, 3.63) is 59.7 Å². The van der Waals surface area contributed by atoms with Gasteiger partial charge in [0, 0.05) is 6.42 Å². The Hall–Kier alpha value is -3.63. The fraction of sp³-hybridized carbons (Fsp3) is 0.263. The molecule has 2 aromatic heterocycles. The SMILES string of the molecule is COC(=O)NC(=O)c1cnc2ccc(N3CC(F)(F)CC3c3cccc(F)c3)nn12. The van der Waals surface area contributed by atoms with Crippen LogP contribution in [0, 0.1) is 5.82 Å². The summed E-state index contributed by atoms with van der Waals surface area (Å²) in [6.07, 6.45) is -0.264. The second-order valence-electron chi connectivity index (χ2n) is 6.81. The first-order chi connectivity index (χ1) is 14.3. The minimum atomic E-state index is -3.01. The summed E-state index contributed by atoms with van der Waals surface area (Å²) in [6, 6.07) is 7.69. The number of imide groups is 1. The number of nitrogens with one attached hydrogen (secondary N) is 1. The molecule has 1 N–H and O–H groups in total. The van der Waals surface area contributed by atoms with Crippen LogP contribution in [0.5, 0.6) is 0 Å². The first-order valence-corrected chi connectivity index (χ1v) is 8.91. The molecule has 2 amide bonds. The standard InChI is InChI=1S/C19H16F3N5O3/c1-30-18(29)24-17(28)14-9-23-15-5-6-16(25-27(14)15)26-10-19(21,22)8-13(26)11-3-2-4-12(20)7-11/h2-7,9,13H,8,10H2,1H3,(H,24,28,29). The average Bonchev–Trinajstić information content (AvgIpc) is 3.27. The monoisotopic (exact) mass is 419 g/mol. The number of hydrogen-bond donors (Lipinski definition) is 1. The third-order valence-electron chi connectivity index (χ3n) is 4.78. The van der Waals surface area contributed by atoms with Crippen molar-refractivity contribution in [1.29, 1.82) is 0 Å². The molecular weight excluding hydrogens is 403 g/mol. The number of ether oxygens (including phenoxy) is 1. The van der Waals surface area contributed by atoms with E-state index in [1.54, 1.807) is 6.07 Å². The molecule has 30 heavy (non-hydrogen) atoms. The van der Waals surface area contributed by atoms with Gasteiger partial charge >= 0.3 is 6.09 Å². The van der Waals surface area contributed by atoms with E-state index in [-0.39, 0.29) is 17.2 Å². The summed E-state index contributed by atoms with van der Waals surface area (Å²) in [5.41, 5.74) is 0.593. The normalized spacial score (nSPS) is 17.9. The maximum atomic E-state index is 14.3. The number of alkyl carbamates (subject to hydrolysis) is 1. The fourth-order valence-corrected chi connectivity index (χ4v) is 3.45. The summed E-state index contributed by atoms with van der Waals surface area (Å²) >= 11 is 0. The summed E-state index contributed by atoms with van der Waals surface area (Å²) in [5, 5.41) is 6.27. The number of carbonyl (C=O) groups is 2. The lowest BCUT2D eigenvalue weighted by Gasteiger charge is -2.25. The molecule has 3 aromatic rings. The van der Waals surface area contributed by atoms with Crippen molar-refractivity contribution in [3.8, 4) is 0 Å². The van der Waals surface area contributed by atoms with E-state index < -0.39 is 42.7 Å². The zero-order valence-electron chi connectivity index (χ0n) is 15.7. The molecule has 0 saturated carbocycles. The topological polar surface area (TPSA) is 88.8 Å². The van der Waals surface area contributed by atoms with Crippen LogP contribution in [0.4, 0.5) is 23.8 Å². The molecule has 156 valence electrons. The number of aromatic nitrogens is 3. The van der Waals surface area contributed by atoms with Gasteiger partial charge in [-0.25, -0.2) is 27.5 Å². The maximum absolute atomic E-state index is 14.3. The second-order valence-corrected chi connectivity index (χ2v) is 6.81. The number of nitrogens with zero attached hydrogens (tertiary/aromatic N) is 4. The van der Waals surface area contributed by atoms with Crippen LogP contribution in [0.15, 0.2) is 42.6 Å². The van der Waals surface area contributed by atoms with Crippen LogP contribution in [0.2, 0.25) is 0 Å². The number of halogens is 3. The van der Waals surface area contributed by atoms with Crippen molar-refractivity contribution in [2.75, 3.05) is 18.6 Å². The lowest BCUT2D eigenvalue weighted by molar-refractivity contribution is 0.0222. The predicted octanol–water partition coefficient (Wildman–Crippen LogP) is 2.95. The van der Waals surface area contributed by atoms with Crippen LogP contribution in [0.1, 0.15) is 28.5 Å². The molecule has 11 heteroatoms. The van der Waals surface area contributed by atoms with Crippen molar-refractivity contribution in [2.24, 2.45) is 0 Å². The van der Waals surface area contributed by atoms with Crippen LogP contribution < -0.4 is 10.2 Å². The van der Waals surface area contributed by atoms with E-state index >= 15 is 0 Å². The number of methoxy groups -OCH3 is 1. The Kier molecular flexibility index (Phi) is 4.80. The first-order valence-electron chi connectivity index (χ1n) is 8.91. The Labute approximate surface area is 168 Å². The highest BCUT2D eigenvalue weighted by molar-refractivity contribution is 6.02. The molecule has 0 radical (unpaired) electrons. The number of alkyl halides is 2. The Bertz CT molecular complexity index is 1130. The molecule has 0 spiro atoms. The Morgan fingerprint density at radius 2 is 2.07 bits per heavy atom. The number of fused-ring (bicyclic) bond motifs is 1. The smallest absolute Gasteiger partial charge is 0.413 e. The van der Waals surface area contributed by atoms with Crippen LogP contribution in [0.25, 0.3) is 5.65 Å². The fourth-order valence-electron chi connectivity index (χ4n) is 3.45. The van der Waals surface area contributed by atoms with Gasteiger partial charge in [-0.2, -0.15) is 0 Å². The molecule has 3 heterocycles. The van der Waals surface area contributed by atoms with Crippen molar-refractivity contribution in [1.82, 2.24) is 19.9 Å². The van der Waals surface area contributed by atoms with E-state index in [4.69, 9.17) is 0 Å². The van der Waals surface area contributed by atoms with Gasteiger partial charge in [0.1, 0.15) is 11.6 Å². The average molecular weight is 419 g/mol. The van der Waals surface area contributed by atoms with Gasteiger partial charge in [0.05, 0.1) is 25.9 Å². The Morgan fingerprint density at radius 3 is 2.80 bits per heavy atom. The quantitative estimate of drug-likeness (QED) is 0.702. The molecule has 0 bridgehead atoms. The third-order valence-corrected chi connectivity index (χ3v) is 4.78. The lowest BCUT2D eigenvalue weighted by atomic mass is 10.0. The van der Waals surface area contributed by atoms with Gasteiger partial charge < -0.3 is 9.64 Å². The van der Waals surface area contributed by atoms with E-state index in [0.29, 0.717) is 5.56 Å². The number of anilines is 1. The summed E-state index contributed by atoms with van der Waals surface area (Å²) < 4.78 is 47.7. The second kappa shape index (κ2) is 7.32. The number of benzene rings is 1. The number of rotatable bonds is 3. The largest absolute Gasteiger partial charge is 0.453 e. The summed E-state index contributed by atoms with van der Waals surface area (Å²) in [6.45, 7) is -0.620. The van der Waals surface area contributed by atoms with Crippen molar-refractivity contribution < 1.29 is 27.5 Å². The van der Waals surface area contributed by atoms with Crippen LogP contribution in [0.3, 0.4) is 0 Å². The third kappa shape index (κ3) is 3.65. The summed E-state index contributed by atoms with van der Waals surface area (Å²) in [5.74, 6) is -4.19. The molecule has 0 aliphatic carbocycles. The van der Waals surface area contributed by atoms with Crippen LogP contribution in [-0.2, 0) is 4.74 Å². The number of hydrogen-bond acceptors (Lipinski definition) is 6. The Morgan fingerprint density at radius 1 is 1.27 bits per heavy atom. The lowest BCUT2D eigenvalue weighted by Crippen LogP contribution is -2.31. The van der Waals surface area contributed by atoms with E-state index in [2.05, 4.69) is 14.8 Å². The minimum Gasteiger partial charge on any atom is -0.453 e. The molecular formula is C19H16F3N5O3. The van der Waals surface area contributed by atoms with Gasteiger partial charge in [-0.05, 0) is 29.8 Å². The Balaban J connectivity index is 1.73. The van der Waals surface area contributed by atoms with Gasteiger partial charge in [0.15, 0.2) is 11.3 Å². The molecule has 1 aromatic carbocycles. The van der Waals surface area contributed by atoms with Gasteiger partial charge in [-0.15, -0.1) is 5.10 Å². The molecule has 1 saturated heterocycles. The minimum absolute atomic E-state index is 0.0782. The van der Waals surface area contributed by atoms with E-state index in [0.717, 1.165) is 11.6 Å². The highest BCUT2D eigenvalue weighted by Gasteiger charge is 2.46. The highest BCUT2D eigenvalue weighted by atomic mass is 19.3. The van der Waals surface area contributed by atoms with Crippen molar-refractivity contribution in [3.63, 3.8) is 0 Å². The molecule has 8 nitrogen and oxygen atoms in total. The van der Waals surface area contributed by atoms with Gasteiger partial charge in [-0.3, -0.25) is 10.1 Å². The molecule has 1 fully saturated rings. The predicted molar refractivity (Wildman–Crippen MR) is 98.9 cm³/mol.